The van der Waals surface area contributed by atoms with Gasteiger partial charge in [0, 0.05) is 38.8 Å². The SMILES string of the molecule is CCNC(=NCC(C)(O)CN1CCOCC1)NCC(C(C)C)N1CCCCCC1.I. The summed E-state index contributed by atoms with van der Waals surface area (Å²) < 4.78 is 5.40. The van der Waals surface area contributed by atoms with Crippen molar-refractivity contribution in [3.05, 3.63) is 0 Å². The highest BCUT2D eigenvalue weighted by molar-refractivity contribution is 14.0. The summed E-state index contributed by atoms with van der Waals surface area (Å²) in [6.07, 6.45) is 5.33. The predicted molar refractivity (Wildman–Crippen MR) is 136 cm³/mol. The molecule has 0 amide bonds. The normalized spacial score (nSPS) is 22.7. The third kappa shape index (κ3) is 10.4. The summed E-state index contributed by atoms with van der Waals surface area (Å²) in [5, 5.41) is 17.7. The zero-order valence-corrected chi connectivity index (χ0v) is 22.0. The summed E-state index contributed by atoms with van der Waals surface area (Å²) in [6, 6.07) is 0.505. The van der Waals surface area contributed by atoms with Crippen molar-refractivity contribution in [3.63, 3.8) is 0 Å². The number of aliphatic imine (C=N–C) groups is 1. The summed E-state index contributed by atoms with van der Waals surface area (Å²) in [5.74, 6) is 1.39. The van der Waals surface area contributed by atoms with Crippen LogP contribution in [0, 0.1) is 5.92 Å². The summed E-state index contributed by atoms with van der Waals surface area (Å²) in [6.45, 7) is 16.9. The maximum absolute atomic E-state index is 10.8. The van der Waals surface area contributed by atoms with E-state index in [1.54, 1.807) is 0 Å². The fourth-order valence-electron chi connectivity index (χ4n) is 4.30. The van der Waals surface area contributed by atoms with Crippen LogP contribution in [0.3, 0.4) is 0 Å². The number of ether oxygens (including phenoxy) is 1. The average Bonchev–Trinajstić information content (AvgIpc) is 2.96. The van der Waals surface area contributed by atoms with Crippen molar-refractivity contribution in [1.82, 2.24) is 20.4 Å². The number of likely N-dealkylation sites (tertiary alicyclic amines) is 1. The Morgan fingerprint density at radius 1 is 1.07 bits per heavy atom. The highest BCUT2D eigenvalue weighted by Gasteiger charge is 2.26. The number of halogens is 1. The van der Waals surface area contributed by atoms with Crippen LogP contribution < -0.4 is 10.6 Å². The monoisotopic (exact) mass is 539 g/mol. The van der Waals surface area contributed by atoms with Crippen LogP contribution in [0.5, 0.6) is 0 Å². The molecule has 0 aliphatic carbocycles. The molecule has 0 saturated carbocycles. The van der Waals surface area contributed by atoms with E-state index >= 15 is 0 Å². The molecule has 0 aromatic carbocycles. The first-order chi connectivity index (χ1) is 13.9. The maximum Gasteiger partial charge on any atom is 0.191 e. The molecule has 30 heavy (non-hydrogen) atoms. The topological polar surface area (TPSA) is 72.4 Å². The fraction of sp³-hybridized carbons (Fsp3) is 0.955. The number of guanidine groups is 1. The molecule has 2 aliphatic rings. The molecule has 0 aromatic rings. The summed E-state index contributed by atoms with van der Waals surface area (Å²) in [4.78, 5) is 9.63. The first-order valence-corrected chi connectivity index (χ1v) is 11.7. The van der Waals surface area contributed by atoms with E-state index in [1.807, 2.05) is 6.92 Å². The third-order valence-electron chi connectivity index (χ3n) is 5.95. The van der Waals surface area contributed by atoms with E-state index < -0.39 is 5.60 Å². The van der Waals surface area contributed by atoms with Gasteiger partial charge >= 0.3 is 0 Å². The molecule has 0 spiro atoms. The number of nitrogens with zero attached hydrogens (tertiary/aromatic N) is 3. The zero-order valence-electron chi connectivity index (χ0n) is 19.7. The summed E-state index contributed by atoms with van der Waals surface area (Å²) in [7, 11) is 0. The van der Waals surface area contributed by atoms with Gasteiger partial charge in [-0.2, -0.15) is 0 Å². The lowest BCUT2D eigenvalue weighted by Gasteiger charge is -2.34. The molecule has 0 bridgehead atoms. The minimum Gasteiger partial charge on any atom is -0.387 e. The molecule has 178 valence electrons. The Labute approximate surface area is 201 Å². The largest absolute Gasteiger partial charge is 0.387 e. The molecule has 0 aromatic heterocycles. The van der Waals surface area contributed by atoms with Crippen molar-refractivity contribution in [2.24, 2.45) is 10.9 Å². The molecule has 2 fully saturated rings. The van der Waals surface area contributed by atoms with Crippen LogP contribution in [0.2, 0.25) is 0 Å². The standard InChI is InChI=1S/C22H45N5O2.HI/c1-5-23-21(25-17-22(4,28)18-26-12-14-29-15-13-26)24-16-20(19(2)3)27-10-8-6-7-9-11-27;/h19-20,28H,5-18H2,1-4H3,(H2,23,24,25);1H. The number of β-amino-alcohol motifs (C(OH)–C–C–N with tert-alkyl or cyclic N) is 1. The lowest BCUT2D eigenvalue weighted by Crippen LogP contribution is -2.51. The molecular weight excluding hydrogens is 493 g/mol. The van der Waals surface area contributed by atoms with E-state index in [1.165, 1.54) is 38.8 Å². The van der Waals surface area contributed by atoms with Crippen LogP contribution in [0.25, 0.3) is 0 Å². The molecule has 2 aliphatic heterocycles. The molecule has 8 heteroatoms. The number of hydrogen-bond acceptors (Lipinski definition) is 5. The Morgan fingerprint density at radius 2 is 1.70 bits per heavy atom. The van der Waals surface area contributed by atoms with Crippen LogP contribution in [0.15, 0.2) is 4.99 Å². The Kier molecular flexibility index (Phi) is 13.8. The van der Waals surface area contributed by atoms with Gasteiger partial charge in [-0.1, -0.05) is 26.7 Å². The Morgan fingerprint density at radius 3 is 2.27 bits per heavy atom. The quantitative estimate of drug-likeness (QED) is 0.237. The molecular formula is C22H46IN5O2. The van der Waals surface area contributed by atoms with Gasteiger partial charge in [0.1, 0.15) is 0 Å². The van der Waals surface area contributed by atoms with Gasteiger partial charge in [0.2, 0.25) is 0 Å². The molecule has 2 heterocycles. The minimum atomic E-state index is -0.845. The third-order valence-corrected chi connectivity index (χ3v) is 5.95. The first kappa shape index (κ1) is 27.9. The van der Waals surface area contributed by atoms with E-state index in [0.29, 0.717) is 25.0 Å². The van der Waals surface area contributed by atoms with E-state index in [4.69, 9.17) is 9.73 Å². The van der Waals surface area contributed by atoms with E-state index in [9.17, 15) is 5.11 Å². The fourth-order valence-corrected chi connectivity index (χ4v) is 4.30. The van der Waals surface area contributed by atoms with Crippen molar-refractivity contribution in [3.8, 4) is 0 Å². The smallest absolute Gasteiger partial charge is 0.191 e. The number of rotatable bonds is 9. The van der Waals surface area contributed by atoms with E-state index in [-0.39, 0.29) is 24.0 Å². The predicted octanol–water partition coefficient (Wildman–Crippen LogP) is 2.14. The lowest BCUT2D eigenvalue weighted by molar-refractivity contribution is -0.0180. The molecule has 7 nitrogen and oxygen atoms in total. The number of morpholine rings is 1. The van der Waals surface area contributed by atoms with E-state index in [0.717, 1.165) is 45.4 Å². The Balaban J connectivity index is 0.00000450. The second kappa shape index (κ2) is 14.8. The van der Waals surface area contributed by atoms with Crippen LogP contribution in [-0.4, -0.2) is 98.1 Å². The van der Waals surface area contributed by atoms with Gasteiger partial charge in [0.15, 0.2) is 5.96 Å². The van der Waals surface area contributed by atoms with Gasteiger partial charge in [0.25, 0.3) is 0 Å². The zero-order chi connectivity index (χ0) is 21.1. The lowest BCUT2D eigenvalue weighted by atomic mass is 10.0. The second-order valence-electron chi connectivity index (χ2n) is 9.22. The summed E-state index contributed by atoms with van der Waals surface area (Å²) >= 11 is 0. The Hall–Kier alpha value is -0.160. The van der Waals surface area contributed by atoms with Crippen molar-refractivity contribution in [2.45, 2.75) is 65.0 Å². The first-order valence-electron chi connectivity index (χ1n) is 11.7. The number of nitrogens with one attached hydrogen (secondary N) is 2. The van der Waals surface area contributed by atoms with Crippen LogP contribution in [-0.2, 0) is 4.74 Å². The van der Waals surface area contributed by atoms with Gasteiger partial charge in [-0.15, -0.1) is 24.0 Å². The number of hydrogen-bond donors (Lipinski definition) is 3. The molecule has 0 radical (unpaired) electrons. The van der Waals surface area contributed by atoms with Crippen molar-refractivity contribution < 1.29 is 9.84 Å². The van der Waals surface area contributed by atoms with Gasteiger partial charge in [-0.25, -0.2) is 0 Å². The van der Waals surface area contributed by atoms with Crippen LogP contribution in [0.1, 0.15) is 53.4 Å². The van der Waals surface area contributed by atoms with Crippen molar-refractivity contribution in [1.29, 1.82) is 0 Å². The molecule has 3 N–H and O–H groups in total. The highest BCUT2D eigenvalue weighted by Crippen LogP contribution is 2.17. The van der Waals surface area contributed by atoms with Gasteiger partial charge in [0.05, 0.1) is 25.4 Å². The number of aliphatic hydroxyl groups is 1. The Bertz CT molecular complexity index is 476. The minimum absolute atomic E-state index is 0. The molecule has 2 unspecified atom stereocenters. The summed E-state index contributed by atoms with van der Waals surface area (Å²) in [5.41, 5.74) is -0.845. The van der Waals surface area contributed by atoms with Crippen LogP contribution >= 0.6 is 24.0 Å². The van der Waals surface area contributed by atoms with Crippen LogP contribution in [0.4, 0.5) is 0 Å². The molecule has 2 saturated heterocycles. The van der Waals surface area contributed by atoms with Gasteiger partial charge in [-0.05, 0) is 45.7 Å². The van der Waals surface area contributed by atoms with Gasteiger partial charge < -0.3 is 20.5 Å². The van der Waals surface area contributed by atoms with Crippen molar-refractivity contribution in [2.75, 3.05) is 65.6 Å². The van der Waals surface area contributed by atoms with Gasteiger partial charge in [-0.3, -0.25) is 14.8 Å². The molecule has 2 rings (SSSR count). The van der Waals surface area contributed by atoms with E-state index in [2.05, 4.69) is 41.2 Å². The second-order valence-corrected chi connectivity index (χ2v) is 9.22. The average molecular weight is 540 g/mol. The van der Waals surface area contributed by atoms with Crippen molar-refractivity contribution >= 4 is 29.9 Å². The molecule has 2 atom stereocenters. The maximum atomic E-state index is 10.8. The highest BCUT2D eigenvalue weighted by atomic mass is 127.